The van der Waals surface area contributed by atoms with Crippen molar-refractivity contribution >= 4 is 29.9 Å². The molecule has 0 aliphatic carbocycles. The number of aryl methyl sites for hydroxylation is 1. The Balaban J connectivity index is 0.00000288. The Morgan fingerprint density at radius 1 is 1.33 bits per heavy atom. The Kier molecular flexibility index (Phi) is 8.61. The van der Waals surface area contributed by atoms with E-state index in [0.29, 0.717) is 19.0 Å². The molecule has 132 valence electrons. The number of hydrogen-bond donors (Lipinski definition) is 2. The highest BCUT2D eigenvalue weighted by Gasteiger charge is 2.11. The van der Waals surface area contributed by atoms with Gasteiger partial charge in [-0.15, -0.1) is 24.0 Å². The van der Waals surface area contributed by atoms with Gasteiger partial charge in [-0.25, -0.2) is 9.37 Å². The molecule has 1 aromatic carbocycles. The third-order valence-electron chi connectivity index (χ3n) is 3.42. The minimum absolute atomic E-state index is 0. The van der Waals surface area contributed by atoms with Crippen LogP contribution in [-0.2, 0) is 18.3 Å². The zero-order valence-electron chi connectivity index (χ0n) is 13.9. The summed E-state index contributed by atoms with van der Waals surface area (Å²) < 4.78 is 20.1. The summed E-state index contributed by atoms with van der Waals surface area (Å²) >= 11 is 0. The van der Waals surface area contributed by atoms with Gasteiger partial charge in [0.05, 0.1) is 12.6 Å². The van der Waals surface area contributed by atoms with Gasteiger partial charge in [0.2, 0.25) is 0 Å². The number of nitrogens with one attached hydrogen (secondary N) is 2. The molecule has 2 N–H and O–H groups in total. The van der Waals surface area contributed by atoms with Gasteiger partial charge in [-0.3, -0.25) is 9.67 Å². The van der Waals surface area contributed by atoms with Crippen molar-refractivity contribution in [1.29, 1.82) is 0 Å². The van der Waals surface area contributed by atoms with E-state index in [2.05, 4.69) is 25.7 Å². The summed E-state index contributed by atoms with van der Waals surface area (Å²) in [6.07, 6.45) is 1.30. The highest BCUT2D eigenvalue weighted by atomic mass is 127. The maximum Gasteiger partial charge on any atom is 0.191 e. The number of aromatic nitrogens is 3. The van der Waals surface area contributed by atoms with Crippen LogP contribution in [0, 0.1) is 5.82 Å². The Morgan fingerprint density at radius 3 is 2.58 bits per heavy atom. The van der Waals surface area contributed by atoms with E-state index in [0.717, 1.165) is 11.4 Å². The number of rotatable bonds is 6. The summed E-state index contributed by atoms with van der Waals surface area (Å²) in [5.41, 5.74) is 0.894. The van der Waals surface area contributed by atoms with E-state index in [1.807, 2.05) is 7.05 Å². The van der Waals surface area contributed by atoms with E-state index in [9.17, 15) is 4.39 Å². The number of methoxy groups -OCH3 is 1. The second kappa shape index (κ2) is 10.2. The van der Waals surface area contributed by atoms with Crippen LogP contribution in [0.2, 0.25) is 0 Å². The molecule has 0 bridgehead atoms. The van der Waals surface area contributed by atoms with Crippen molar-refractivity contribution < 1.29 is 9.13 Å². The van der Waals surface area contributed by atoms with Crippen molar-refractivity contribution in [3.63, 3.8) is 0 Å². The fraction of sp³-hybridized carbons (Fsp3) is 0.400. The minimum atomic E-state index is -0.266. The van der Waals surface area contributed by atoms with Crippen molar-refractivity contribution in [3.8, 4) is 0 Å². The predicted octanol–water partition coefficient (Wildman–Crippen LogP) is 1.62. The van der Waals surface area contributed by atoms with Crippen LogP contribution in [0.3, 0.4) is 0 Å². The van der Waals surface area contributed by atoms with Crippen molar-refractivity contribution in [3.05, 3.63) is 47.8 Å². The Morgan fingerprint density at radius 2 is 2.04 bits per heavy atom. The van der Waals surface area contributed by atoms with Gasteiger partial charge < -0.3 is 15.4 Å². The van der Waals surface area contributed by atoms with Gasteiger partial charge in [0.15, 0.2) is 5.96 Å². The number of halogens is 2. The highest BCUT2D eigenvalue weighted by molar-refractivity contribution is 14.0. The van der Waals surface area contributed by atoms with Crippen LogP contribution >= 0.6 is 24.0 Å². The molecule has 0 saturated carbocycles. The van der Waals surface area contributed by atoms with E-state index in [4.69, 9.17) is 4.74 Å². The summed E-state index contributed by atoms with van der Waals surface area (Å²) in [6, 6.07) is 6.26. The van der Waals surface area contributed by atoms with Gasteiger partial charge in [-0.1, -0.05) is 12.1 Å². The maximum atomic E-state index is 13.0. The maximum absolute atomic E-state index is 13.0. The van der Waals surface area contributed by atoms with Crippen molar-refractivity contribution in [1.82, 2.24) is 25.4 Å². The first-order chi connectivity index (χ1) is 11.1. The van der Waals surface area contributed by atoms with Crippen LogP contribution in [0.1, 0.15) is 17.5 Å². The van der Waals surface area contributed by atoms with Gasteiger partial charge in [-0.2, -0.15) is 5.10 Å². The van der Waals surface area contributed by atoms with Crippen LogP contribution < -0.4 is 10.6 Å². The van der Waals surface area contributed by atoms with Gasteiger partial charge in [0, 0.05) is 27.7 Å². The first kappa shape index (κ1) is 20.3. The SMILES string of the molecule is CN=C(NCc1ncnn1C)NCC(OC)c1ccc(F)cc1.I. The van der Waals surface area contributed by atoms with E-state index in [1.165, 1.54) is 18.5 Å². The smallest absolute Gasteiger partial charge is 0.191 e. The van der Waals surface area contributed by atoms with E-state index < -0.39 is 0 Å². The molecule has 1 heterocycles. The van der Waals surface area contributed by atoms with Gasteiger partial charge in [0.25, 0.3) is 0 Å². The first-order valence-corrected chi connectivity index (χ1v) is 7.19. The lowest BCUT2D eigenvalue weighted by Crippen LogP contribution is -2.39. The van der Waals surface area contributed by atoms with Crippen LogP contribution in [0.25, 0.3) is 0 Å². The molecule has 7 nitrogen and oxygen atoms in total. The molecule has 1 unspecified atom stereocenters. The van der Waals surface area contributed by atoms with Crippen LogP contribution in [-0.4, -0.2) is 41.4 Å². The van der Waals surface area contributed by atoms with Crippen molar-refractivity contribution in [2.45, 2.75) is 12.6 Å². The molecule has 9 heteroatoms. The largest absolute Gasteiger partial charge is 0.375 e. The Hall–Kier alpha value is -1.75. The molecule has 1 atom stereocenters. The number of aliphatic imine (C=N–C) groups is 1. The molecule has 2 aromatic rings. The standard InChI is InChI=1S/C15H21FN6O.HI/c1-17-15(19-9-14-20-10-21-22(14)2)18-8-13(23-3)11-4-6-12(16)7-5-11;/h4-7,10,13H,8-9H2,1-3H3,(H2,17,18,19);1H. The molecule has 0 saturated heterocycles. The lowest BCUT2D eigenvalue weighted by atomic mass is 10.1. The fourth-order valence-corrected chi connectivity index (χ4v) is 2.07. The number of ether oxygens (including phenoxy) is 1. The quantitative estimate of drug-likeness (QED) is 0.399. The summed E-state index contributed by atoms with van der Waals surface area (Å²) in [4.78, 5) is 8.29. The lowest BCUT2D eigenvalue weighted by molar-refractivity contribution is 0.106. The summed E-state index contributed by atoms with van der Waals surface area (Å²) in [6.45, 7) is 1.00. The molecule has 0 amide bonds. The average molecular weight is 448 g/mol. The first-order valence-electron chi connectivity index (χ1n) is 7.19. The summed E-state index contributed by atoms with van der Waals surface area (Å²) in [5, 5.41) is 10.3. The molecule has 24 heavy (non-hydrogen) atoms. The normalized spacial score (nSPS) is 12.4. The molecule has 2 rings (SSSR count). The third kappa shape index (κ3) is 5.71. The zero-order valence-corrected chi connectivity index (χ0v) is 16.2. The minimum Gasteiger partial charge on any atom is -0.375 e. The van der Waals surface area contributed by atoms with E-state index >= 15 is 0 Å². The molecule has 0 fully saturated rings. The topological polar surface area (TPSA) is 76.4 Å². The van der Waals surface area contributed by atoms with E-state index in [-0.39, 0.29) is 35.9 Å². The van der Waals surface area contributed by atoms with Crippen LogP contribution in [0.5, 0.6) is 0 Å². The molecule has 0 aliphatic rings. The van der Waals surface area contributed by atoms with Crippen LogP contribution in [0.4, 0.5) is 4.39 Å². The Bertz CT molecular complexity index is 646. The summed E-state index contributed by atoms with van der Waals surface area (Å²) in [5.74, 6) is 1.16. The average Bonchev–Trinajstić information content (AvgIpc) is 2.97. The highest BCUT2D eigenvalue weighted by Crippen LogP contribution is 2.15. The molecule has 0 radical (unpaired) electrons. The van der Waals surface area contributed by atoms with Crippen molar-refractivity contribution in [2.75, 3.05) is 20.7 Å². The second-order valence-corrected chi connectivity index (χ2v) is 4.88. The molecule has 0 aliphatic heterocycles. The van der Waals surface area contributed by atoms with Gasteiger partial charge >= 0.3 is 0 Å². The molecule has 0 spiro atoms. The summed E-state index contributed by atoms with van der Waals surface area (Å²) in [7, 11) is 5.13. The third-order valence-corrected chi connectivity index (χ3v) is 3.42. The van der Waals surface area contributed by atoms with Crippen molar-refractivity contribution in [2.24, 2.45) is 12.0 Å². The van der Waals surface area contributed by atoms with E-state index in [1.54, 1.807) is 31.0 Å². The number of nitrogens with zero attached hydrogens (tertiary/aromatic N) is 4. The molecule has 1 aromatic heterocycles. The number of guanidine groups is 1. The Labute approximate surface area is 157 Å². The second-order valence-electron chi connectivity index (χ2n) is 4.88. The predicted molar refractivity (Wildman–Crippen MR) is 101 cm³/mol. The fourth-order valence-electron chi connectivity index (χ4n) is 2.07. The van der Waals surface area contributed by atoms with Gasteiger partial charge in [0.1, 0.15) is 18.0 Å². The van der Waals surface area contributed by atoms with Crippen LogP contribution in [0.15, 0.2) is 35.6 Å². The number of hydrogen-bond acceptors (Lipinski definition) is 4. The number of benzene rings is 1. The van der Waals surface area contributed by atoms with Gasteiger partial charge in [-0.05, 0) is 17.7 Å². The lowest BCUT2D eigenvalue weighted by Gasteiger charge is -2.18. The molecular formula is C15H22FIN6O. The molecular weight excluding hydrogens is 426 g/mol. The monoisotopic (exact) mass is 448 g/mol. The zero-order chi connectivity index (χ0) is 16.7.